The molecule has 1 aliphatic heterocycles. The third-order valence-corrected chi connectivity index (χ3v) is 3.06. The van der Waals surface area contributed by atoms with Gasteiger partial charge in [-0.05, 0) is 0 Å². The first-order chi connectivity index (χ1) is 8.39. The molecule has 3 N–H and O–H groups in total. The maximum absolute atomic E-state index is 11.4. The molecule has 0 saturated carbocycles. The Bertz CT molecular complexity index is 301. The quantitative estimate of drug-likeness (QED) is 0.458. The fraction of sp³-hybridized carbons (Fsp3) is 1.00. The van der Waals surface area contributed by atoms with Crippen molar-refractivity contribution < 1.29 is 28.2 Å². The van der Waals surface area contributed by atoms with Crippen molar-refractivity contribution in [1.82, 2.24) is 0 Å². The molecule has 1 fully saturated rings. The van der Waals surface area contributed by atoms with E-state index in [2.05, 4.69) is 0 Å². The lowest BCUT2D eigenvalue weighted by Crippen LogP contribution is -2.39. The van der Waals surface area contributed by atoms with E-state index in [-0.39, 0.29) is 13.2 Å². The van der Waals surface area contributed by atoms with Gasteiger partial charge in [-0.15, -0.1) is 0 Å². The molecule has 18 heavy (non-hydrogen) atoms. The van der Waals surface area contributed by atoms with Crippen LogP contribution in [0.1, 0.15) is 0 Å². The van der Waals surface area contributed by atoms with Crippen LogP contribution in [-0.4, -0.2) is 70.6 Å². The molecule has 1 saturated heterocycles. The molecule has 1 heterocycles. The van der Waals surface area contributed by atoms with E-state index in [4.69, 9.17) is 32.3 Å². The summed E-state index contributed by atoms with van der Waals surface area (Å²) in [6, 6.07) is -0.742. The summed E-state index contributed by atoms with van der Waals surface area (Å²) < 4.78 is 32.2. The van der Waals surface area contributed by atoms with Gasteiger partial charge >= 0.3 is 7.60 Å². The van der Waals surface area contributed by atoms with E-state index in [0.29, 0.717) is 6.54 Å². The Balaban J connectivity index is 2.74. The van der Waals surface area contributed by atoms with Crippen LogP contribution < -0.4 is 5.73 Å². The molecule has 2 radical (unpaired) electrons. The smallest absolute Gasteiger partial charge is 0.325 e. The van der Waals surface area contributed by atoms with E-state index in [0.717, 1.165) is 6.66 Å². The molecule has 9 heteroatoms. The van der Waals surface area contributed by atoms with Crippen molar-refractivity contribution in [2.75, 3.05) is 33.5 Å². The number of nitrogens with two attached hydrogens (primary N) is 1. The fourth-order valence-corrected chi connectivity index (χ4v) is 2.51. The summed E-state index contributed by atoms with van der Waals surface area (Å²) in [5, 5.41) is 0. The molecule has 0 aromatic heterocycles. The molecule has 0 bridgehead atoms. The van der Waals surface area contributed by atoms with Crippen LogP contribution in [-0.2, 0) is 23.3 Å². The summed E-state index contributed by atoms with van der Waals surface area (Å²) in [6.07, 6.45) is -1.95. The highest BCUT2D eigenvalue weighted by Crippen LogP contribution is 2.42. The van der Waals surface area contributed by atoms with E-state index in [1.54, 1.807) is 0 Å². The third kappa shape index (κ3) is 4.62. The molecule has 0 spiro atoms. The summed E-state index contributed by atoms with van der Waals surface area (Å²) in [5.74, 6) is 0. The first-order valence-corrected chi connectivity index (χ1v) is 7.62. The van der Waals surface area contributed by atoms with Crippen LogP contribution in [0.5, 0.6) is 0 Å². The van der Waals surface area contributed by atoms with Crippen molar-refractivity contribution in [3.63, 3.8) is 0 Å². The summed E-state index contributed by atoms with van der Waals surface area (Å²) in [5.41, 5.74) is 5.34. The Hall–Kier alpha value is 0.0549. The second-order valence-electron chi connectivity index (χ2n) is 4.09. The average molecular weight is 279 g/mol. The van der Waals surface area contributed by atoms with Gasteiger partial charge in [0.2, 0.25) is 0 Å². The van der Waals surface area contributed by atoms with Crippen molar-refractivity contribution in [3.8, 4) is 0 Å². The van der Waals surface area contributed by atoms with Crippen LogP contribution in [0, 0.1) is 0 Å². The molecule has 0 amide bonds. The number of ether oxygens (including phenoxy) is 3. The van der Waals surface area contributed by atoms with Crippen LogP contribution in [0.15, 0.2) is 0 Å². The number of hydrogen-bond donors (Lipinski definition) is 2. The van der Waals surface area contributed by atoms with Gasteiger partial charge in [0.15, 0.2) is 0 Å². The lowest BCUT2D eigenvalue weighted by molar-refractivity contribution is -0.0227. The highest BCUT2D eigenvalue weighted by atomic mass is 31.2. The van der Waals surface area contributed by atoms with E-state index >= 15 is 0 Å². The highest BCUT2D eigenvalue weighted by molar-refractivity contribution is 7.51. The zero-order chi connectivity index (χ0) is 13.8. The van der Waals surface area contributed by atoms with Crippen molar-refractivity contribution in [3.05, 3.63) is 0 Å². The predicted molar refractivity (Wildman–Crippen MR) is 65.7 cm³/mol. The SMILES string of the molecule is [B][C@@H]1O[C@H](COC)C(OP(C)(=O)O)[C@@H]1OCCN. The zero-order valence-electron chi connectivity index (χ0n) is 10.5. The molecule has 2 unspecified atom stereocenters. The van der Waals surface area contributed by atoms with Gasteiger partial charge in [0, 0.05) is 26.3 Å². The van der Waals surface area contributed by atoms with Crippen LogP contribution in [0.2, 0.25) is 0 Å². The molecule has 104 valence electrons. The van der Waals surface area contributed by atoms with E-state index in [1.807, 2.05) is 0 Å². The van der Waals surface area contributed by atoms with Gasteiger partial charge in [-0.25, -0.2) is 0 Å². The Kier molecular flexibility index (Phi) is 6.27. The topological polar surface area (TPSA) is 100 Å². The fourth-order valence-electron chi connectivity index (χ4n) is 1.80. The predicted octanol–water partition coefficient (Wildman–Crippen LogP) is -0.929. The Morgan fingerprint density at radius 1 is 1.50 bits per heavy atom. The second-order valence-corrected chi connectivity index (χ2v) is 5.91. The molecular formula is C9H19BNO6P. The number of methoxy groups -OCH3 is 1. The molecule has 0 aromatic rings. The van der Waals surface area contributed by atoms with Crippen molar-refractivity contribution in [2.45, 2.75) is 24.3 Å². The third-order valence-electron chi connectivity index (χ3n) is 2.42. The van der Waals surface area contributed by atoms with Gasteiger partial charge in [0.25, 0.3) is 0 Å². The molecule has 7 nitrogen and oxygen atoms in total. The minimum absolute atomic E-state index is 0.195. The van der Waals surface area contributed by atoms with Gasteiger partial charge in [0.05, 0.1) is 13.2 Å². The van der Waals surface area contributed by atoms with Gasteiger partial charge in [-0.1, -0.05) is 0 Å². The van der Waals surface area contributed by atoms with Crippen molar-refractivity contribution in [2.24, 2.45) is 5.73 Å². The summed E-state index contributed by atoms with van der Waals surface area (Å²) in [7, 11) is 3.57. The summed E-state index contributed by atoms with van der Waals surface area (Å²) >= 11 is 0. The first kappa shape index (κ1) is 16.1. The Morgan fingerprint density at radius 3 is 2.67 bits per heavy atom. The molecule has 1 aliphatic rings. The van der Waals surface area contributed by atoms with Gasteiger partial charge < -0.3 is 24.8 Å². The lowest BCUT2D eigenvalue weighted by Gasteiger charge is -2.24. The van der Waals surface area contributed by atoms with Gasteiger partial charge in [-0.3, -0.25) is 9.09 Å². The monoisotopic (exact) mass is 279 g/mol. The average Bonchev–Trinajstić information content (AvgIpc) is 2.51. The molecule has 0 aliphatic carbocycles. The van der Waals surface area contributed by atoms with E-state index in [9.17, 15) is 9.46 Å². The molecule has 0 aromatic carbocycles. The normalized spacial score (nSPS) is 35.6. The maximum atomic E-state index is 11.4. The molecule has 5 atom stereocenters. The minimum Gasteiger partial charge on any atom is -0.382 e. The maximum Gasteiger partial charge on any atom is 0.325 e. The lowest BCUT2D eigenvalue weighted by atomic mass is 9.93. The minimum atomic E-state index is -3.67. The second kappa shape index (κ2) is 7.00. The van der Waals surface area contributed by atoms with E-state index < -0.39 is 31.9 Å². The summed E-state index contributed by atoms with van der Waals surface area (Å²) in [6.45, 7) is 1.87. The Labute approximate surface area is 108 Å². The Morgan fingerprint density at radius 2 is 2.17 bits per heavy atom. The van der Waals surface area contributed by atoms with Crippen LogP contribution in [0.4, 0.5) is 0 Å². The highest BCUT2D eigenvalue weighted by Gasteiger charge is 2.45. The first-order valence-electron chi connectivity index (χ1n) is 5.59. The molecule has 1 rings (SSSR count). The van der Waals surface area contributed by atoms with Crippen molar-refractivity contribution >= 4 is 15.4 Å². The number of hydrogen-bond acceptors (Lipinski definition) is 6. The largest absolute Gasteiger partial charge is 0.382 e. The van der Waals surface area contributed by atoms with Crippen molar-refractivity contribution in [1.29, 1.82) is 0 Å². The van der Waals surface area contributed by atoms with E-state index in [1.165, 1.54) is 7.11 Å². The molecular weight excluding hydrogens is 260 g/mol. The van der Waals surface area contributed by atoms with Crippen LogP contribution in [0.3, 0.4) is 0 Å². The number of rotatable bonds is 7. The van der Waals surface area contributed by atoms with Crippen LogP contribution >= 0.6 is 7.60 Å². The van der Waals surface area contributed by atoms with Gasteiger partial charge in [-0.2, -0.15) is 0 Å². The van der Waals surface area contributed by atoms with Gasteiger partial charge in [0.1, 0.15) is 26.2 Å². The zero-order valence-corrected chi connectivity index (χ0v) is 11.4. The summed E-state index contributed by atoms with van der Waals surface area (Å²) in [4.78, 5) is 9.31. The van der Waals surface area contributed by atoms with Crippen LogP contribution in [0.25, 0.3) is 0 Å². The standard InChI is InChI=1S/C9H19BNO6P/c1-14-5-6-7(17-18(2,12)13)8(9(10)16-6)15-4-3-11/h6-9H,3-5,11H2,1-2H3,(H,12,13)/t6-,7?,8+,9-/m1/s1.